The zero-order valence-corrected chi connectivity index (χ0v) is 2.51. The Labute approximate surface area is 33.4 Å². The van der Waals surface area contributed by atoms with Gasteiger partial charge in [0.25, 0.3) is 0 Å². The zero-order valence-electron chi connectivity index (χ0n) is 1.57. The summed E-state index contributed by atoms with van der Waals surface area (Å²) in [6, 6.07) is 0. The second-order valence-corrected chi connectivity index (χ2v) is 0.0745. The summed E-state index contributed by atoms with van der Waals surface area (Å²) in [4.78, 5) is 8.00. The van der Waals surface area contributed by atoms with Gasteiger partial charge in [-0.15, -0.1) is 5.34 Å². The first-order chi connectivity index (χ1) is 1.41. The van der Waals surface area contributed by atoms with Gasteiger partial charge < -0.3 is 10.1 Å². The van der Waals surface area contributed by atoms with Crippen molar-refractivity contribution in [3.8, 4) is 0 Å². The van der Waals surface area contributed by atoms with E-state index in [-0.39, 0.29) is 17.1 Å². The number of hydrogen-bond acceptors (Lipinski definition) is 3. The van der Waals surface area contributed by atoms with Crippen LogP contribution in [0.4, 0.5) is 0 Å². The predicted molar refractivity (Wildman–Crippen MR) is 9.16 cm³/mol. The second-order valence-electron chi connectivity index (χ2n) is 0.0745. The van der Waals surface area contributed by atoms with Crippen LogP contribution in [0.2, 0.25) is 0 Å². The average Bonchev–Trinajstić information content (AvgIpc) is 0.918. The molecule has 0 atom stereocenters. The summed E-state index contributed by atoms with van der Waals surface area (Å²) in [7, 11) is 0. The predicted octanol–water partition coefficient (Wildman–Crippen LogP) is 0.248. The van der Waals surface area contributed by atoms with Crippen LogP contribution in [0.3, 0.4) is 0 Å². The van der Waals surface area contributed by atoms with Crippen LogP contribution in [0.5, 0.6) is 0 Å². The summed E-state index contributed by atoms with van der Waals surface area (Å²) in [5.74, 6) is 0. The van der Waals surface area contributed by atoms with Crippen molar-refractivity contribution in [3.63, 3.8) is 0 Å². The van der Waals surface area contributed by atoms with Gasteiger partial charge in [0.05, 0.1) is 0 Å². The molecule has 0 heterocycles. The third-order valence-electron chi connectivity index (χ3n) is 0. The minimum absolute atomic E-state index is 0. The summed E-state index contributed by atoms with van der Waals surface area (Å²) in [5.41, 5.74) is 0. The van der Waals surface area contributed by atoms with E-state index in [1.54, 1.807) is 0 Å². The minimum Gasteiger partial charge on any atom is -0.444 e. The summed E-state index contributed by atoms with van der Waals surface area (Å²) < 4.78 is 0. The molecule has 4 heavy (non-hydrogen) atoms. The van der Waals surface area contributed by atoms with Crippen LogP contribution < -0.4 is 0 Å². The topological polar surface area (TPSA) is 52.5 Å². The van der Waals surface area contributed by atoms with Crippen molar-refractivity contribution in [2.75, 3.05) is 0 Å². The standard InChI is InChI=1S/Cu.HNO2/c;2-1-3/h;(H,2,3)/p-1. The van der Waals surface area contributed by atoms with Gasteiger partial charge in [0.2, 0.25) is 0 Å². The normalized spacial score (nSPS) is 3.00. The van der Waals surface area contributed by atoms with E-state index in [9.17, 15) is 0 Å². The van der Waals surface area contributed by atoms with Gasteiger partial charge in [-0.25, -0.2) is 0 Å². The molecular formula is CuNO2-. The van der Waals surface area contributed by atoms with Gasteiger partial charge in [0, 0.05) is 17.1 Å². The average molecular weight is 110 g/mol. The molecular weight excluding hydrogens is 110 g/mol. The molecule has 0 aromatic heterocycles. The molecule has 0 N–H and O–H groups in total. The molecule has 0 rings (SSSR count). The van der Waals surface area contributed by atoms with Gasteiger partial charge in [-0.3, -0.25) is 0 Å². The summed E-state index contributed by atoms with van der Waals surface area (Å²) in [6.07, 6.45) is 0. The fourth-order valence-electron chi connectivity index (χ4n) is 0. The van der Waals surface area contributed by atoms with Crippen LogP contribution in [-0.2, 0) is 17.1 Å². The molecule has 29 valence electrons. The molecule has 0 saturated heterocycles. The molecule has 0 aliphatic carbocycles. The summed E-state index contributed by atoms with van der Waals surface area (Å²) in [5, 5.41) is 9.00. The van der Waals surface area contributed by atoms with Crippen LogP contribution >= 0.6 is 0 Å². The maximum absolute atomic E-state index is 8.00. The summed E-state index contributed by atoms with van der Waals surface area (Å²) >= 11 is 0. The van der Waals surface area contributed by atoms with Crippen LogP contribution in [0.15, 0.2) is 5.34 Å². The van der Waals surface area contributed by atoms with Crippen molar-refractivity contribution >= 4 is 0 Å². The van der Waals surface area contributed by atoms with E-state index in [1.807, 2.05) is 0 Å². The van der Waals surface area contributed by atoms with Crippen molar-refractivity contribution in [2.45, 2.75) is 0 Å². The van der Waals surface area contributed by atoms with Gasteiger partial charge in [-0.2, -0.15) is 0 Å². The van der Waals surface area contributed by atoms with Gasteiger partial charge in [0.1, 0.15) is 0 Å². The Kier molecular flexibility index (Phi) is 28.8. The fraction of sp³-hybridized carbons (Fsp3) is 0. The Morgan fingerprint density at radius 2 is 1.75 bits per heavy atom. The molecule has 0 aromatic rings. The van der Waals surface area contributed by atoms with Crippen molar-refractivity contribution in [2.24, 2.45) is 5.34 Å². The van der Waals surface area contributed by atoms with E-state index in [0.29, 0.717) is 0 Å². The Bertz CT molecular complexity index is 13.5. The first-order valence-corrected chi connectivity index (χ1v) is 0.365. The van der Waals surface area contributed by atoms with Crippen molar-refractivity contribution in [3.05, 3.63) is 10.1 Å². The maximum atomic E-state index is 8.00. The van der Waals surface area contributed by atoms with Gasteiger partial charge in [0.15, 0.2) is 0 Å². The third kappa shape index (κ3) is 250. The quantitative estimate of drug-likeness (QED) is 0.254. The first-order valence-electron chi connectivity index (χ1n) is 0.365. The molecule has 4 heteroatoms. The van der Waals surface area contributed by atoms with Gasteiger partial charge >= 0.3 is 0 Å². The zero-order chi connectivity index (χ0) is 2.71. The van der Waals surface area contributed by atoms with Crippen molar-refractivity contribution in [1.82, 2.24) is 0 Å². The Balaban J connectivity index is 0. The molecule has 1 radical (unpaired) electrons. The van der Waals surface area contributed by atoms with Gasteiger partial charge in [-0.05, 0) is 0 Å². The minimum atomic E-state index is 0. The Morgan fingerprint density at radius 1 is 1.75 bits per heavy atom. The van der Waals surface area contributed by atoms with Gasteiger partial charge in [-0.1, -0.05) is 0 Å². The molecule has 0 saturated carbocycles. The number of nitrogens with zero attached hydrogens (tertiary/aromatic N) is 1. The fourth-order valence-corrected chi connectivity index (χ4v) is 0. The molecule has 0 fully saturated rings. The third-order valence-corrected chi connectivity index (χ3v) is 0. The summed E-state index contributed by atoms with van der Waals surface area (Å²) in [6.45, 7) is 0. The molecule has 3 nitrogen and oxygen atoms in total. The van der Waals surface area contributed by atoms with E-state index in [0.717, 1.165) is 5.34 Å². The molecule has 0 aromatic carbocycles. The molecule has 0 aliphatic rings. The Morgan fingerprint density at radius 3 is 1.75 bits per heavy atom. The number of hydrogen-bond donors (Lipinski definition) is 0. The molecule has 0 unspecified atom stereocenters. The first kappa shape index (κ1) is 9.07. The molecule has 0 amide bonds. The Hall–Kier alpha value is -0.0805. The monoisotopic (exact) mass is 109 g/mol. The van der Waals surface area contributed by atoms with Crippen LogP contribution in [0.25, 0.3) is 0 Å². The van der Waals surface area contributed by atoms with Crippen molar-refractivity contribution < 1.29 is 17.1 Å². The maximum Gasteiger partial charge on any atom is 0 e. The van der Waals surface area contributed by atoms with Crippen LogP contribution in [-0.4, -0.2) is 0 Å². The second kappa shape index (κ2) is 12.7. The van der Waals surface area contributed by atoms with E-state index in [4.69, 9.17) is 10.1 Å². The van der Waals surface area contributed by atoms with Crippen LogP contribution in [0.1, 0.15) is 0 Å². The SMILES string of the molecule is O=N[O-].[Cu]. The van der Waals surface area contributed by atoms with Crippen LogP contribution in [0, 0.1) is 10.1 Å². The smallest absolute Gasteiger partial charge is 0 e. The van der Waals surface area contributed by atoms with E-state index >= 15 is 0 Å². The van der Waals surface area contributed by atoms with E-state index < -0.39 is 0 Å². The van der Waals surface area contributed by atoms with Crippen molar-refractivity contribution in [1.29, 1.82) is 0 Å². The number of rotatable bonds is 0. The van der Waals surface area contributed by atoms with E-state index in [2.05, 4.69) is 0 Å². The largest absolute Gasteiger partial charge is 0.444 e. The molecule has 0 aliphatic heterocycles. The molecule has 0 bridgehead atoms. The van der Waals surface area contributed by atoms with E-state index in [1.165, 1.54) is 0 Å². The molecule has 0 spiro atoms.